The first-order chi connectivity index (χ1) is 8.75. The van der Waals surface area contributed by atoms with Crippen LogP contribution in [-0.2, 0) is 19.4 Å². The normalized spacial score (nSPS) is 16.7. The second-order valence-electron chi connectivity index (χ2n) is 4.64. The number of carbonyl (C=O) groups excluding carboxylic acids is 1. The molecular weight excluding hydrogens is 270 g/mol. The lowest BCUT2D eigenvalue weighted by Crippen LogP contribution is -2.31. The Labute approximate surface area is 110 Å². The van der Waals surface area contributed by atoms with Gasteiger partial charge >= 0.3 is 5.97 Å². The highest BCUT2D eigenvalue weighted by Gasteiger charge is 2.57. The fraction of sp³-hybridized carbons (Fsp3) is 0.333. The number of sulfone groups is 1. The molecule has 6 nitrogen and oxygen atoms in total. The van der Waals surface area contributed by atoms with Gasteiger partial charge in [-0.25, -0.2) is 8.42 Å². The number of hydrogen-bond donors (Lipinski definition) is 2. The molecule has 1 saturated carbocycles. The Morgan fingerprint density at radius 1 is 1.21 bits per heavy atom. The smallest absolute Gasteiger partial charge is 0.319 e. The Morgan fingerprint density at radius 3 is 2.11 bits per heavy atom. The van der Waals surface area contributed by atoms with Gasteiger partial charge in [0.15, 0.2) is 9.84 Å². The van der Waals surface area contributed by atoms with E-state index < -0.39 is 27.1 Å². The number of carboxylic acids is 1. The summed E-state index contributed by atoms with van der Waals surface area (Å²) in [5, 5.41) is 11.5. The van der Waals surface area contributed by atoms with Crippen LogP contribution < -0.4 is 5.32 Å². The highest BCUT2D eigenvalue weighted by Crippen LogP contribution is 2.46. The van der Waals surface area contributed by atoms with Crippen molar-refractivity contribution in [2.45, 2.75) is 17.7 Å². The number of carbonyl (C=O) groups is 2. The lowest BCUT2D eigenvalue weighted by Gasteiger charge is -2.10. The van der Waals surface area contributed by atoms with E-state index in [-0.39, 0.29) is 4.90 Å². The zero-order valence-corrected chi connectivity index (χ0v) is 11.0. The van der Waals surface area contributed by atoms with E-state index in [1.54, 1.807) is 0 Å². The summed E-state index contributed by atoms with van der Waals surface area (Å²) in [4.78, 5) is 22.9. The maximum atomic E-state index is 11.8. The van der Waals surface area contributed by atoms with Crippen LogP contribution in [0.25, 0.3) is 0 Å². The third kappa shape index (κ3) is 2.60. The van der Waals surface area contributed by atoms with Gasteiger partial charge in [0.25, 0.3) is 0 Å². The maximum Gasteiger partial charge on any atom is 0.319 e. The van der Waals surface area contributed by atoms with E-state index in [2.05, 4.69) is 5.32 Å². The highest BCUT2D eigenvalue weighted by atomic mass is 32.2. The predicted octanol–water partition coefficient (Wildman–Crippen LogP) is 0.893. The second kappa shape index (κ2) is 4.34. The number of amides is 1. The summed E-state index contributed by atoms with van der Waals surface area (Å²) in [6.07, 6.45) is 1.75. The zero-order chi connectivity index (χ0) is 14.3. The van der Waals surface area contributed by atoms with E-state index >= 15 is 0 Å². The molecule has 2 rings (SSSR count). The van der Waals surface area contributed by atoms with E-state index in [1.807, 2.05) is 0 Å². The van der Waals surface area contributed by atoms with Crippen molar-refractivity contribution in [3.8, 4) is 0 Å². The van der Waals surface area contributed by atoms with Crippen molar-refractivity contribution in [2.75, 3.05) is 11.6 Å². The molecule has 0 aromatic heterocycles. The van der Waals surface area contributed by atoms with Crippen LogP contribution in [0.1, 0.15) is 12.8 Å². The quantitative estimate of drug-likeness (QED) is 0.799. The van der Waals surface area contributed by atoms with Gasteiger partial charge in [0, 0.05) is 11.9 Å². The lowest BCUT2D eigenvalue weighted by atomic mass is 10.1. The van der Waals surface area contributed by atoms with Crippen LogP contribution in [0.4, 0.5) is 5.69 Å². The molecule has 0 atom stereocenters. The summed E-state index contributed by atoms with van der Waals surface area (Å²) in [7, 11) is -3.28. The van der Waals surface area contributed by atoms with Crippen molar-refractivity contribution in [1.29, 1.82) is 0 Å². The van der Waals surface area contributed by atoms with Gasteiger partial charge in [-0.1, -0.05) is 0 Å². The minimum Gasteiger partial charge on any atom is -0.480 e. The van der Waals surface area contributed by atoms with Gasteiger partial charge < -0.3 is 10.4 Å². The van der Waals surface area contributed by atoms with Gasteiger partial charge in [0.05, 0.1) is 4.90 Å². The number of hydrogen-bond acceptors (Lipinski definition) is 4. The molecule has 102 valence electrons. The first-order valence-electron chi connectivity index (χ1n) is 5.61. The molecule has 0 saturated heterocycles. The average Bonchev–Trinajstić information content (AvgIpc) is 3.09. The van der Waals surface area contributed by atoms with Gasteiger partial charge in [-0.05, 0) is 37.1 Å². The van der Waals surface area contributed by atoms with Gasteiger partial charge in [0.2, 0.25) is 5.91 Å². The SMILES string of the molecule is CS(=O)(=O)c1ccc(NC(=O)C2(C(=O)O)CC2)cc1. The highest BCUT2D eigenvalue weighted by molar-refractivity contribution is 7.90. The standard InChI is InChI=1S/C12H13NO5S/c1-19(17,18)9-4-2-8(3-5-9)13-10(14)12(6-7-12)11(15)16/h2-5H,6-7H2,1H3,(H,13,14)(H,15,16). The molecule has 1 fully saturated rings. The van der Waals surface area contributed by atoms with Crippen LogP contribution in [-0.4, -0.2) is 31.7 Å². The first-order valence-corrected chi connectivity index (χ1v) is 7.50. The minimum atomic E-state index is -3.28. The molecule has 0 aliphatic heterocycles. The summed E-state index contributed by atoms with van der Waals surface area (Å²) < 4.78 is 22.5. The van der Waals surface area contributed by atoms with Crippen molar-refractivity contribution in [3.05, 3.63) is 24.3 Å². The van der Waals surface area contributed by atoms with Crippen molar-refractivity contribution >= 4 is 27.4 Å². The molecule has 1 aromatic rings. The molecule has 0 radical (unpaired) electrons. The summed E-state index contributed by atoms with van der Waals surface area (Å²) in [6.45, 7) is 0. The summed E-state index contributed by atoms with van der Waals surface area (Å²) in [6, 6.07) is 5.61. The predicted molar refractivity (Wildman–Crippen MR) is 67.5 cm³/mol. The molecule has 2 N–H and O–H groups in total. The Hall–Kier alpha value is -1.89. The molecule has 7 heteroatoms. The summed E-state index contributed by atoms with van der Waals surface area (Å²) >= 11 is 0. The Balaban J connectivity index is 2.13. The van der Waals surface area contributed by atoms with E-state index in [0.717, 1.165) is 6.26 Å². The minimum absolute atomic E-state index is 0.143. The third-order valence-electron chi connectivity index (χ3n) is 3.13. The Morgan fingerprint density at radius 2 is 1.74 bits per heavy atom. The largest absolute Gasteiger partial charge is 0.480 e. The van der Waals surface area contributed by atoms with Gasteiger partial charge in [-0.2, -0.15) is 0 Å². The number of aliphatic carboxylic acids is 1. The Bertz CT molecular complexity index is 629. The molecule has 1 aliphatic rings. The van der Waals surface area contributed by atoms with Crippen molar-refractivity contribution in [2.24, 2.45) is 5.41 Å². The second-order valence-corrected chi connectivity index (χ2v) is 6.65. The molecule has 0 spiro atoms. The Kier molecular flexibility index (Phi) is 3.09. The molecule has 0 bridgehead atoms. The molecule has 1 aliphatic carbocycles. The van der Waals surface area contributed by atoms with Gasteiger partial charge in [-0.15, -0.1) is 0 Å². The number of anilines is 1. The monoisotopic (exact) mass is 283 g/mol. The molecular formula is C12H13NO5S. The number of carboxylic acid groups (broad SMARTS) is 1. The molecule has 1 aromatic carbocycles. The van der Waals surface area contributed by atoms with Crippen LogP contribution in [0.15, 0.2) is 29.2 Å². The molecule has 0 unspecified atom stereocenters. The van der Waals surface area contributed by atoms with E-state index in [0.29, 0.717) is 18.5 Å². The van der Waals surface area contributed by atoms with Crippen molar-refractivity contribution in [3.63, 3.8) is 0 Å². The van der Waals surface area contributed by atoms with Crippen molar-refractivity contribution < 1.29 is 23.1 Å². The van der Waals surface area contributed by atoms with Gasteiger partial charge in [0.1, 0.15) is 5.41 Å². The van der Waals surface area contributed by atoms with E-state index in [9.17, 15) is 18.0 Å². The maximum absolute atomic E-state index is 11.8. The topological polar surface area (TPSA) is 101 Å². The van der Waals surface area contributed by atoms with E-state index in [4.69, 9.17) is 5.11 Å². The summed E-state index contributed by atoms with van der Waals surface area (Å²) in [5.41, 5.74) is -0.930. The number of rotatable bonds is 4. The third-order valence-corrected chi connectivity index (χ3v) is 4.26. The fourth-order valence-corrected chi connectivity index (χ4v) is 2.33. The van der Waals surface area contributed by atoms with E-state index in [1.165, 1.54) is 24.3 Å². The zero-order valence-electron chi connectivity index (χ0n) is 10.2. The van der Waals surface area contributed by atoms with Crippen LogP contribution in [0.5, 0.6) is 0 Å². The van der Waals surface area contributed by atoms with Crippen molar-refractivity contribution in [1.82, 2.24) is 0 Å². The van der Waals surface area contributed by atoms with Crippen LogP contribution in [0.3, 0.4) is 0 Å². The van der Waals surface area contributed by atoms with Gasteiger partial charge in [-0.3, -0.25) is 9.59 Å². The van der Waals surface area contributed by atoms with Crippen LogP contribution >= 0.6 is 0 Å². The molecule has 0 heterocycles. The lowest BCUT2D eigenvalue weighted by molar-refractivity contribution is -0.147. The van der Waals surface area contributed by atoms with Crippen LogP contribution in [0, 0.1) is 5.41 Å². The molecule has 19 heavy (non-hydrogen) atoms. The number of benzene rings is 1. The molecule has 1 amide bonds. The average molecular weight is 283 g/mol. The van der Waals surface area contributed by atoms with Crippen LogP contribution in [0.2, 0.25) is 0 Å². The summed E-state index contributed by atoms with van der Waals surface area (Å²) in [5.74, 6) is -1.69. The first kappa shape index (κ1) is 13.5. The number of nitrogens with one attached hydrogen (secondary N) is 1. The fourth-order valence-electron chi connectivity index (χ4n) is 1.70.